The molecule has 0 radical (unpaired) electrons. The van der Waals surface area contributed by atoms with Crippen molar-refractivity contribution >= 4 is 27.8 Å². The first-order valence-corrected chi connectivity index (χ1v) is 8.06. The van der Waals surface area contributed by atoms with Crippen LogP contribution in [0.1, 0.15) is 18.4 Å². The molecule has 19 heavy (non-hydrogen) atoms. The van der Waals surface area contributed by atoms with Gasteiger partial charge in [0.2, 0.25) is 10.0 Å². The Morgan fingerprint density at radius 1 is 1.53 bits per heavy atom. The van der Waals surface area contributed by atoms with E-state index in [1.54, 1.807) is 6.92 Å². The van der Waals surface area contributed by atoms with Crippen molar-refractivity contribution in [3.05, 3.63) is 11.5 Å². The van der Waals surface area contributed by atoms with Crippen molar-refractivity contribution < 1.29 is 22.8 Å². The molecule has 1 N–H and O–H groups in total. The SMILES string of the molecule is Cc1noc(C)c1S(=O)(=O)N1C(C)SCC1C(=O)O. The van der Waals surface area contributed by atoms with Crippen LogP contribution in [0.3, 0.4) is 0 Å². The maximum atomic E-state index is 12.6. The van der Waals surface area contributed by atoms with Gasteiger partial charge in [0.1, 0.15) is 16.6 Å². The number of thioether (sulfide) groups is 1. The number of sulfonamides is 1. The molecule has 0 saturated carbocycles. The molecule has 9 heteroatoms. The third kappa shape index (κ3) is 2.26. The first kappa shape index (κ1) is 14.4. The summed E-state index contributed by atoms with van der Waals surface area (Å²) in [6, 6.07) is -1.06. The Kier molecular flexibility index (Phi) is 3.63. The third-order valence-electron chi connectivity index (χ3n) is 2.95. The Labute approximate surface area is 115 Å². The van der Waals surface area contributed by atoms with Crippen molar-refractivity contribution in [2.45, 2.75) is 37.1 Å². The fraction of sp³-hybridized carbons (Fsp3) is 0.600. The highest BCUT2D eigenvalue weighted by Crippen LogP contribution is 2.36. The monoisotopic (exact) mass is 306 g/mol. The van der Waals surface area contributed by atoms with Crippen molar-refractivity contribution in [3.8, 4) is 0 Å². The van der Waals surface area contributed by atoms with Crippen LogP contribution in [-0.2, 0) is 14.8 Å². The number of carbonyl (C=O) groups is 1. The minimum Gasteiger partial charge on any atom is -0.480 e. The third-order valence-corrected chi connectivity index (χ3v) is 6.53. The van der Waals surface area contributed by atoms with Crippen LogP contribution in [0.4, 0.5) is 0 Å². The average molecular weight is 306 g/mol. The van der Waals surface area contributed by atoms with E-state index in [2.05, 4.69) is 5.16 Å². The molecule has 2 heterocycles. The Morgan fingerprint density at radius 2 is 2.16 bits per heavy atom. The second-order valence-corrected chi connectivity index (χ2v) is 7.40. The Bertz CT molecular complexity index is 590. The van der Waals surface area contributed by atoms with Gasteiger partial charge >= 0.3 is 5.97 Å². The van der Waals surface area contributed by atoms with Crippen LogP contribution in [0.25, 0.3) is 0 Å². The van der Waals surface area contributed by atoms with E-state index < -0.39 is 27.4 Å². The zero-order valence-electron chi connectivity index (χ0n) is 10.7. The summed E-state index contributed by atoms with van der Waals surface area (Å²) in [4.78, 5) is 11.2. The van der Waals surface area contributed by atoms with Gasteiger partial charge in [-0.15, -0.1) is 11.8 Å². The summed E-state index contributed by atoms with van der Waals surface area (Å²) in [5.74, 6) is -0.739. The lowest BCUT2D eigenvalue weighted by Crippen LogP contribution is -2.44. The van der Waals surface area contributed by atoms with E-state index in [-0.39, 0.29) is 22.1 Å². The van der Waals surface area contributed by atoms with Crippen LogP contribution in [0.15, 0.2) is 9.42 Å². The van der Waals surface area contributed by atoms with Gasteiger partial charge in [-0.3, -0.25) is 4.79 Å². The highest BCUT2D eigenvalue weighted by molar-refractivity contribution is 8.01. The molecule has 0 spiro atoms. The zero-order chi connectivity index (χ0) is 14.4. The highest BCUT2D eigenvalue weighted by Gasteiger charge is 2.46. The summed E-state index contributed by atoms with van der Waals surface area (Å²) in [6.45, 7) is 4.69. The standard InChI is InChI=1S/C10H14N2O5S2/c1-5-9(6(2)17-11-5)19(15,16)12-7(3)18-4-8(12)10(13)14/h7-8H,4H2,1-3H3,(H,13,14). The van der Waals surface area contributed by atoms with Gasteiger partial charge in [-0.2, -0.15) is 4.31 Å². The average Bonchev–Trinajstić information content (AvgIpc) is 2.83. The molecule has 0 aromatic carbocycles. The fourth-order valence-electron chi connectivity index (χ4n) is 2.12. The summed E-state index contributed by atoms with van der Waals surface area (Å²) in [5.41, 5.74) is 0.241. The van der Waals surface area contributed by atoms with E-state index in [4.69, 9.17) is 9.63 Å². The van der Waals surface area contributed by atoms with E-state index >= 15 is 0 Å². The molecular weight excluding hydrogens is 292 g/mol. The number of carboxylic acids is 1. The van der Waals surface area contributed by atoms with E-state index in [9.17, 15) is 13.2 Å². The smallest absolute Gasteiger partial charge is 0.322 e. The molecule has 7 nitrogen and oxygen atoms in total. The molecule has 1 saturated heterocycles. The first-order valence-electron chi connectivity index (χ1n) is 5.57. The Balaban J connectivity index is 2.53. The molecule has 1 aromatic rings. The van der Waals surface area contributed by atoms with Crippen molar-refractivity contribution in [1.82, 2.24) is 9.46 Å². The number of hydrogen-bond acceptors (Lipinski definition) is 6. The van der Waals surface area contributed by atoms with Gasteiger partial charge < -0.3 is 9.63 Å². The molecule has 1 aliphatic rings. The van der Waals surface area contributed by atoms with Crippen LogP contribution >= 0.6 is 11.8 Å². The molecule has 0 aliphatic carbocycles. The van der Waals surface area contributed by atoms with E-state index in [1.165, 1.54) is 25.6 Å². The number of carboxylic acid groups (broad SMARTS) is 1. The molecule has 2 atom stereocenters. The largest absolute Gasteiger partial charge is 0.480 e. The summed E-state index contributed by atoms with van der Waals surface area (Å²) in [5, 5.41) is 12.3. The molecule has 2 unspecified atom stereocenters. The number of aliphatic carboxylic acids is 1. The predicted molar refractivity (Wildman–Crippen MR) is 68.3 cm³/mol. The normalized spacial score (nSPS) is 24.8. The maximum absolute atomic E-state index is 12.6. The van der Waals surface area contributed by atoms with Crippen molar-refractivity contribution in [1.29, 1.82) is 0 Å². The van der Waals surface area contributed by atoms with Gasteiger partial charge in [-0.1, -0.05) is 5.16 Å². The number of aryl methyl sites for hydroxylation is 2. The molecule has 2 rings (SSSR count). The van der Waals surface area contributed by atoms with Crippen LogP contribution in [0.2, 0.25) is 0 Å². The number of aromatic nitrogens is 1. The van der Waals surface area contributed by atoms with Crippen LogP contribution in [0.5, 0.6) is 0 Å². The topological polar surface area (TPSA) is 101 Å². The summed E-state index contributed by atoms with van der Waals surface area (Å²) in [7, 11) is -3.92. The Morgan fingerprint density at radius 3 is 2.63 bits per heavy atom. The number of rotatable bonds is 3. The van der Waals surface area contributed by atoms with E-state index in [0.29, 0.717) is 0 Å². The lowest BCUT2D eigenvalue weighted by atomic mass is 10.3. The Hall–Kier alpha value is -1.06. The van der Waals surface area contributed by atoms with Crippen LogP contribution < -0.4 is 0 Å². The van der Waals surface area contributed by atoms with Gasteiger partial charge in [0.05, 0.1) is 5.37 Å². The van der Waals surface area contributed by atoms with Crippen molar-refractivity contribution in [2.24, 2.45) is 0 Å². The summed E-state index contributed by atoms with van der Waals surface area (Å²) >= 11 is 1.29. The molecule has 0 bridgehead atoms. The van der Waals surface area contributed by atoms with Crippen LogP contribution in [-0.4, -0.2) is 46.1 Å². The predicted octanol–water partition coefficient (Wildman–Crippen LogP) is 0.828. The highest BCUT2D eigenvalue weighted by atomic mass is 32.2. The first-order chi connectivity index (χ1) is 8.76. The lowest BCUT2D eigenvalue weighted by molar-refractivity contribution is -0.140. The van der Waals surface area contributed by atoms with Crippen molar-refractivity contribution in [3.63, 3.8) is 0 Å². The van der Waals surface area contributed by atoms with Crippen LogP contribution in [0, 0.1) is 13.8 Å². The molecule has 1 aromatic heterocycles. The lowest BCUT2D eigenvalue weighted by Gasteiger charge is -2.23. The van der Waals surface area contributed by atoms with Gasteiger partial charge in [-0.05, 0) is 20.8 Å². The second kappa shape index (κ2) is 4.80. The van der Waals surface area contributed by atoms with Crippen molar-refractivity contribution in [2.75, 3.05) is 5.75 Å². The molecular formula is C10H14N2O5S2. The van der Waals surface area contributed by atoms with Gasteiger partial charge in [-0.25, -0.2) is 8.42 Å². The molecule has 0 amide bonds. The number of nitrogens with zero attached hydrogens (tertiary/aromatic N) is 2. The van der Waals surface area contributed by atoms with Gasteiger partial charge in [0.15, 0.2) is 5.76 Å². The fourth-order valence-corrected chi connectivity index (χ4v) is 5.71. The van der Waals surface area contributed by atoms with Gasteiger partial charge in [0, 0.05) is 5.75 Å². The quantitative estimate of drug-likeness (QED) is 0.882. The zero-order valence-corrected chi connectivity index (χ0v) is 12.3. The minimum atomic E-state index is -3.92. The minimum absolute atomic E-state index is 0.0342. The molecule has 106 valence electrons. The van der Waals surface area contributed by atoms with E-state index in [0.717, 1.165) is 4.31 Å². The van der Waals surface area contributed by atoms with Gasteiger partial charge in [0.25, 0.3) is 0 Å². The maximum Gasteiger partial charge on any atom is 0.322 e. The number of hydrogen-bond donors (Lipinski definition) is 1. The van der Waals surface area contributed by atoms with E-state index in [1.807, 2.05) is 0 Å². The summed E-state index contributed by atoms with van der Waals surface area (Å²) in [6.07, 6.45) is 0. The molecule has 1 aliphatic heterocycles. The second-order valence-electron chi connectivity index (χ2n) is 4.27. The summed E-state index contributed by atoms with van der Waals surface area (Å²) < 4.78 is 31.1. The molecule has 1 fully saturated rings.